The van der Waals surface area contributed by atoms with Gasteiger partial charge < -0.3 is 20.3 Å². The molecule has 35 heavy (non-hydrogen) atoms. The minimum absolute atomic E-state index is 0.284. The van der Waals surface area contributed by atoms with Crippen LogP contribution in [0.25, 0.3) is 22.0 Å². The lowest BCUT2D eigenvalue weighted by Crippen LogP contribution is -2.36. The van der Waals surface area contributed by atoms with E-state index in [1.807, 2.05) is 42.5 Å². The van der Waals surface area contributed by atoms with Gasteiger partial charge in [0.25, 0.3) is 0 Å². The number of carbonyl (C=O) groups excluding carboxylic acids is 1. The van der Waals surface area contributed by atoms with Gasteiger partial charge >= 0.3 is 0 Å². The first-order valence-corrected chi connectivity index (χ1v) is 11.5. The molecule has 0 aliphatic carbocycles. The maximum Gasteiger partial charge on any atom is 0.247 e. The number of amides is 1. The van der Waals surface area contributed by atoms with Gasteiger partial charge in [0, 0.05) is 35.9 Å². The number of aromatic nitrogens is 3. The predicted molar refractivity (Wildman–Crippen MR) is 139 cm³/mol. The van der Waals surface area contributed by atoms with Gasteiger partial charge in [-0.25, -0.2) is 15.0 Å². The number of carbonyl (C=O) groups is 1. The van der Waals surface area contributed by atoms with Crippen molar-refractivity contribution < 1.29 is 9.53 Å². The second-order valence-electron chi connectivity index (χ2n) is 7.96. The Balaban J connectivity index is 1.45. The van der Waals surface area contributed by atoms with Gasteiger partial charge in [0.2, 0.25) is 11.9 Å². The van der Waals surface area contributed by atoms with Crippen LogP contribution in [-0.2, 0) is 9.53 Å². The first-order valence-electron chi connectivity index (χ1n) is 11.2. The highest BCUT2D eigenvalue weighted by molar-refractivity contribution is 6.35. The van der Waals surface area contributed by atoms with Crippen LogP contribution in [0.2, 0.25) is 5.02 Å². The van der Waals surface area contributed by atoms with E-state index in [0.717, 1.165) is 41.1 Å². The minimum Gasteiger partial charge on any atom is -0.378 e. The second-order valence-corrected chi connectivity index (χ2v) is 8.36. The Hall–Kier alpha value is -4.01. The third-order valence-corrected chi connectivity index (χ3v) is 5.96. The van der Waals surface area contributed by atoms with E-state index < -0.39 is 0 Å². The molecule has 9 heteroatoms. The summed E-state index contributed by atoms with van der Waals surface area (Å²) in [6, 6.07) is 15.1. The van der Waals surface area contributed by atoms with Crippen LogP contribution in [-0.4, -0.2) is 47.2 Å². The number of hydrogen-bond donors (Lipinski definition) is 2. The fourth-order valence-corrected chi connectivity index (χ4v) is 4.18. The monoisotopic (exact) mass is 486 g/mol. The quantitative estimate of drug-likeness (QED) is 0.368. The van der Waals surface area contributed by atoms with Crippen molar-refractivity contribution in [2.45, 2.75) is 0 Å². The van der Waals surface area contributed by atoms with Gasteiger partial charge in [0.05, 0.1) is 35.6 Å². The average Bonchev–Trinajstić information content (AvgIpc) is 2.89. The highest BCUT2D eigenvalue weighted by atomic mass is 35.5. The summed E-state index contributed by atoms with van der Waals surface area (Å²) in [6.07, 6.45) is 4.75. The highest BCUT2D eigenvalue weighted by Gasteiger charge is 2.14. The van der Waals surface area contributed by atoms with Crippen LogP contribution in [0.4, 0.5) is 23.1 Å². The molecule has 8 nitrogen and oxygen atoms in total. The van der Waals surface area contributed by atoms with E-state index in [4.69, 9.17) is 21.3 Å². The second kappa shape index (κ2) is 10.1. The molecule has 4 aromatic rings. The zero-order valence-corrected chi connectivity index (χ0v) is 19.6. The summed E-state index contributed by atoms with van der Waals surface area (Å²) in [5, 5.41) is 7.40. The van der Waals surface area contributed by atoms with E-state index in [1.54, 1.807) is 18.5 Å². The Kier molecular flexibility index (Phi) is 6.56. The zero-order chi connectivity index (χ0) is 24.2. The molecular weight excluding hydrogens is 464 g/mol. The van der Waals surface area contributed by atoms with Gasteiger partial charge in [-0.3, -0.25) is 4.79 Å². The van der Waals surface area contributed by atoms with Gasteiger partial charge in [0.15, 0.2) is 0 Å². The summed E-state index contributed by atoms with van der Waals surface area (Å²) in [4.78, 5) is 27.7. The van der Waals surface area contributed by atoms with Crippen molar-refractivity contribution in [1.82, 2.24) is 15.0 Å². The summed E-state index contributed by atoms with van der Waals surface area (Å²) < 4.78 is 5.41. The molecule has 0 spiro atoms. The third kappa shape index (κ3) is 5.08. The maximum absolute atomic E-state index is 11.7. The molecule has 2 aromatic carbocycles. The fraction of sp³-hybridized carbons (Fsp3) is 0.154. The van der Waals surface area contributed by atoms with Crippen LogP contribution in [0.1, 0.15) is 0 Å². The summed E-state index contributed by atoms with van der Waals surface area (Å²) in [6.45, 7) is 6.57. The number of halogens is 1. The molecule has 1 fully saturated rings. The Bertz CT molecular complexity index is 1390. The van der Waals surface area contributed by atoms with Crippen molar-refractivity contribution in [3.8, 4) is 11.1 Å². The third-order valence-electron chi connectivity index (χ3n) is 5.65. The SMILES string of the molecule is C=CC(=O)Nc1cccc(-c2c(Cl)ccc3cnc(Nc4ccc(N5CCOCC5)nc4)nc23)c1. The Morgan fingerprint density at radius 3 is 2.69 bits per heavy atom. The molecule has 176 valence electrons. The molecule has 0 atom stereocenters. The number of anilines is 4. The lowest BCUT2D eigenvalue weighted by Gasteiger charge is -2.27. The van der Waals surface area contributed by atoms with Crippen LogP contribution in [0.5, 0.6) is 0 Å². The van der Waals surface area contributed by atoms with E-state index >= 15 is 0 Å². The Morgan fingerprint density at radius 1 is 1.06 bits per heavy atom. The van der Waals surface area contributed by atoms with E-state index in [0.29, 0.717) is 35.4 Å². The topological polar surface area (TPSA) is 92.3 Å². The van der Waals surface area contributed by atoms with Gasteiger partial charge in [-0.15, -0.1) is 0 Å². The van der Waals surface area contributed by atoms with E-state index in [9.17, 15) is 4.79 Å². The number of ether oxygens (including phenoxy) is 1. The van der Waals surface area contributed by atoms with Gasteiger partial charge in [0.1, 0.15) is 5.82 Å². The van der Waals surface area contributed by atoms with Crippen molar-refractivity contribution in [2.24, 2.45) is 0 Å². The number of pyridine rings is 1. The van der Waals surface area contributed by atoms with Crippen molar-refractivity contribution in [1.29, 1.82) is 0 Å². The molecule has 3 heterocycles. The number of rotatable bonds is 6. The summed E-state index contributed by atoms with van der Waals surface area (Å²) in [5.41, 5.74) is 3.69. The molecule has 5 rings (SSSR count). The smallest absolute Gasteiger partial charge is 0.247 e. The Labute approximate surface area is 207 Å². The molecule has 0 radical (unpaired) electrons. The number of hydrogen-bond acceptors (Lipinski definition) is 7. The van der Waals surface area contributed by atoms with Gasteiger partial charge in [-0.1, -0.05) is 30.3 Å². The first kappa shape index (κ1) is 22.8. The summed E-state index contributed by atoms with van der Waals surface area (Å²) in [7, 11) is 0. The highest BCUT2D eigenvalue weighted by Crippen LogP contribution is 2.35. The van der Waals surface area contributed by atoms with E-state index in [1.165, 1.54) is 6.08 Å². The molecule has 1 aliphatic rings. The number of morpholine rings is 1. The molecule has 0 unspecified atom stereocenters. The summed E-state index contributed by atoms with van der Waals surface area (Å²) in [5.74, 6) is 1.06. The maximum atomic E-state index is 11.7. The van der Waals surface area contributed by atoms with Crippen LogP contribution in [0.15, 0.2) is 73.6 Å². The van der Waals surface area contributed by atoms with Crippen LogP contribution in [0, 0.1) is 0 Å². The van der Waals surface area contributed by atoms with Crippen molar-refractivity contribution in [3.05, 3.63) is 78.6 Å². The fourth-order valence-electron chi connectivity index (χ4n) is 3.92. The zero-order valence-electron chi connectivity index (χ0n) is 18.9. The lowest BCUT2D eigenvalue weighted by molar-refractivity contribution is -0.111. The number of nitrogens with zero attached hydrogens (tertiary/aromatic N) is 4. The van der Waals surface area contributed by atoms with E-state index in [-0.39, 0.29) is 5.91 Å². The van der Waals surface area contributed by atoms with Gasteiger partial charge in [-0.05, 0) is 48.0 Å². The predicted octanol–water partition coefficient (Wildman–Crippen LogP) is 5.05. The van der Waals surface area contributed by atoms with Crippen LogP contribution >= 0.6 is 11.6 Å². The normalized spacial score (nSPS) is 13.5. The first-order chi connectivity index (χ1) is 17.1. The van der Waals surface area contributed by atoms with Gasteiger partial charge in [-0.2, -0.15) is 0 Å². The molecule has 0 saturated carbocycles. The standard InChI is InChI=1S/C26H23ClN6O2/c1-2-23(34)30-19-5-3-4-17(14-19)24-21(27)8-6-18-15-29-26(32-25(18)24)31-20-7-9-22(28-16-20)33-10-12-35-13-11-33/h2-9,14-16H,1,10-13H2,(H,30,34)(H,29,31,32). The molecule has 2 aromatic heterocycles. The number of nitrogens with one attached hydrogen (secondary N) is 2. The Morgan fingerprint density at radius 2 is 1.91 bits per heavy atom. The van der Waals surface area contributed by atoms with Crippen molar-refractivity contribution in [2.75, 3.05) is 41.8 Å². The van der Waals surface area contributed by atoms with Crippen LogP contribution in [0.3, 0.4) is 0 Å². The number of benzene rings is 2. The minimum atomic E-state index is -0.284. The summed E-state index contributed by atoms with van der Waals surface area (Å²) >= 11 is 6.62. The van der Waals surface area contributed by atoms with E-state index in [2.05, 4.69) is 32.1 Å². The molecular formula is C26H23ClN6O2. The van der Waals surface area contributed by atoms with Crippen molar-refractivity contribution in [3.63, 3.8) is 0 Å². The largest absolute Gasteiger partial charge is 0.378 e. The van der Waals surface area contributed by atoms with Crippen LogP contribution < -0.4 is 15.5 Å². The molecule has 2 N–H and O–H groups in total. The molecule has 1 amide bonds. The van der Waals surface area contributed by atoms with Crippen molar-refractivity contribution >= 4 is 51.6 Å². The molecule has 1 saturated heterocycles. The number of fused-ring (bicyclic) bond motifs is 1. The lowest BCUT2D eigenvalue weighted by atomic mass is 10.0. The molecule has 1 aliphatic heterocycles. The molecule has 0 bridgehead atoms. The average molecular weight is 487 g/mol.